The molecule has 0 unspecified atom stereocenters. The second-order valence-electron chi connectivity index (χ2n) is 5.39. The van der Waals surface area contributed by atoms with Crippen molar-refractivity contribution in [1.82, 2.24) is 0 Å². The van der Waals surface area contributed by atoms with Crippen LogP contribution in [0.4, 0.5) is 11.4 Å². The molecule has 0 aromatic heterocycles. The molecule has 0 aliphatic rings. The van der Waals surface area contributed by atoms with Gasteiger partial charge < -0.3 is 19.7 Å². The van der Waals surface area contributed by atoms with E-state index in [1.165, 1.54) is 26.0 Å². The van der Waals surface area contributed by atoms with E-state index in [0.29, 0.717) is 28.4 Å². The summed E-state index contributed by atoms with van der Waals surface area (Å²) in [6.45, 7) is 1.18. The highest BCUT2D eigenvalue weighted by atomic mass is 16.5. The highest BCUT2D eigenvalue weighted by molar-refractivity contribution is 6.02. The molecule has 0 saturated heterocycles. The number of rotatable bonds is 6. The van der Waals surface area contributed by atoms with E-state index in [1.807, 2.05) is 6.07 Å². The van der Waals surface area contributed by atoms with Gasteiger partial charge in [0, 0.05) is 24.4 Å². The first-order valence-electron chi connectivity index (χ1n) is 7.78. The molecule has 0 fully saturated rings. The van der Waals surface area contributed by atoms with Gasteiger partial charge in [0.25, 0.3) is 0 Å². The Balaban J connectivity index is 2.16. The number of nitrogens with zero attached hydrogens (tertiary/aromatic N) is 2. The van der Waals surface area contributed by atoms with E-state index >= 15 is 0 Å². The van der Waals surface area contributed by atoms with Crippen LogP contribution >= 0.6 is 0 Å². The van der Waals surface area contributed by atoms with Crippen LogP contribution in [0.1, 0.15) is 12.5 Å². The van der Waals surface area contributed by atoms with Gasteiger partial charge in [0.15, 0.2) is 11.5 Å². The van der Waals surface area contributed by atoms with Gasteiger partial charge in [-0.2, -0.15) is 5.26 Å². The average molecular weight is 353 g/mol. The molecule has 2 aromatic rings. The minimum atomic E-state index is -0.380. The van der Waals surface area contributed by atoms with Crippen molar-refractivity contribution in [2.24, 2.45) is 0 Å². The molecule has 0 heterocycles. The molecule has 26 heavy (non-hydrogen) atoms. The predicted octanol–water partition coefficient (Wildman–Crippen LogP) is 2.57. The fourth-order valence-electron chi connectivity index (χ4n) is 2.39. The van der Waals surface area contributed by atoms with Crippen molar-refractivity contribution in [3.8, 4) is 17.6 Å². The number of benzene rings is 2. The number of anilines is 2. The number of nitriles is 1. The highest BCUT2D eigenvalue weighted by Gasteiger charge is 2.17. The van der Waals surface area contributed by atoms with Crippen molar-refractivity contribution in [3.63, 3.8) is 0 Å². The number of ether oxygens (including phenoxy) is 2. The molecular weight excluding hydrogens is 334 g/mol. The Labute approximate surface area is 151 Å². The minimum Gasteiger partial charge on any atom is -0.493 e. The van der Waals surface area contributed by atoms with Gasteiger partial charge >= 0.3 is 0 Å². The standard InChI is InChI=1S/C19H19N3O4/c1-13(23)22(16-6-4-5-14(9-16)11-20)12-19(24)21-15-7-8-17(25-2)18(10-15)26-3/h4-10H,12H2,1-3H3,(H,21,24). The second kappa shape index (κ2) is 8.53. The first kappa shape index (κ1) is 18.8. The molecule has 7 heteroatoms. The Morgan fingerprint density at radius 3 is 2.46 bits per heavy atom. The lowest BCUT2D eigenvalue weighted by Gasteiger charge is -2.21. The van der Waals surface area contributed by atoms with Gasteiger partial charge in [-0.15, -0.1) is 0 Å². The summed E-state index contributed by atoms with van der Waals surface area (Å²) in [4.78, 5) is 25.6. The third kappa shape index (κ3) is 4.51. The number of hydrogen-bond donors (Lipinski definition) is 1. The summed E-state index contributed by atoms with van der Waals surface area (Å²) >= 11 is 0. The van der Waals surface area contributed by atoms with E-state index in [0.717, 1.165) is 0 Å². The monoisotopic (exact) mass is 353 g/mol. The van der Waals surface area contributed by atoms with Gasteiger partial charge in [0.1, 0.15) is 6.54 Å². The fraction of sp³-hybridized carbons (Fsp3) is 0.211. The van der Waals surface area contributed by atoms with Crippen molar-refractivity contribution < 1.29 is 19.1 Å². The van der Waals surface area contributed by atoms with Crippen LogP contribution in [0.25, 0.3) is 0 Å². The molecule has 2 rings (SSSR count). The first-order chi connectivity index (χ1) is 12.5. The molecule has 7 nitrogen and oxygen atoms in total. The van der Waals surface area contributed by atoms with E-state index in [9.17, 15) is 9.59 Å². The lowest BCUT2D eigenvalue weighted by Crippen LogP contribution is -2.36. The van der Waals surface area contributed by atoms with Gasteiger partial charge in [-0.25, -0.2) is 0 Å². The second-order valence-corrected chi connectivity index (χ2v) is 5.39. The van der Waals surface area contributed by atoms with Crippen LogP contribution in [0.3, 0.4) is 0 Å². The van der Waals surface area contributed by atoms with Crippen LogP contribution in [0.2, 0.25) is 0 Å². The van der Waals surface area contributed by atoms with Crippen LogP contribution in [0, 0.1) is 11.3 Å². The summed E-state index contributed by atoms with van der Waals surface area (Å²) < 4.78 is 10.4. The van der Waals surface area contributed by atoms with Crippen molar-refractivity contribution in [1.29, 1.82) is 5.26 Å². The highest BCUT2D eigenvalue weighted by Crippen LogP contribution is 2.29. The zero-order valence-corrected chi connectivity index (χ0v) is 14.8. The third-order valence-electron chi connectivity index (χ3n) is 3.64. The minimum absolute atomic E-state index is 0.182. The lowest BCUT2D eigenvalue weighted by atomic mass is 10.2. The molecule has 0 spiro atoms. The molecular formula is C19H19N3O4. The molecule has 0 aliphatic carbocycles. The third-order valence-corrected chi connectivity index (χ3v) is 3.64. The smallest absolute Gasteiger partial charge is 0.244 e. The zero-order chi connectivity index (χ0) is 19.1. The lowest BCUT2D eigenvalue weighted by molar-refractivity contribution is -0.120. The first-order valence-corrected chi connectivity index (χ1v) is 7.78. The zero-order valence-electron chi connectivity index (χ0n) is 14.8. The maximum Gasteiger partial charge on any atom is 0.244 e. The SMILES string of the molecule is COc1ccc(NC(=O)CN(C(C)=O)c2cccc(C#N)c2)cc1OC. The maximum absolute atomic E-state index is 12.4. The summed E-state index contributed by atoms with van der Waals surface area (Å²) in [5, 5.41) is 11.7. The number of carbonyl (C=O) groups is 2. The van der Waals surface area contributed by atoms with Crippen LogP contribution < -0.4 is 19.7 Å². The number of hydrogen-bond acceptors (Lipinski definition) is 5. The molecule has 0 atom stereocenters. The Bertz CT molecular complexity index is 858. The Morgan fingerprint density at radius 2 is 1.85 bits per heavy atom. The van der Waals surface area contributed by atoms with E-state index in [2.05, 4.69) is 5.32 Å². The topological polar surface area (TPSA) is 91.7 Å². The normalized spacial score (nSPS) is 9.77. The van der Waals surface area contributed by atoms with Crippen LogP contribution in [-0.2, 0) is 9.59 Å². The number of carbonyl (C=O) groups excluding carboxylic acids is 2. The van der Waals surface area contributed by atoms with Crippen LogP contribution in [0.5, 0.6) is 11.5 Å². The van der Waals surface area contributed by atoms with Crippen LogP contribution in [-0.4, -0.2) is 32.6 Å². The summed E-state index contributed by atoms with van der Waals surface area (Å²) in [6.07, 6.45) is 0. The van der Waals surface area contributed by atoms with E-state index in [1.54, 1.807) is 42.5 Å². The predicted molar refractivity (Wildman–Crippen MR) is 97.4 cm³/mol. The van der Waals surface area contributed by atoms with E-state index in [4.69, 9.17) is 14.7 Å². The summed E-state index contributed by atoms with van der Waals surface area (Å²) in [6, 6.07) is 13.5. The number of nitrogens with one attached hydrogen (secondary N) is 1. The maximum atomic E-state index is 12.4. The van der Waals surface area contributed by atoms with E-state index < -0.39 is 0 Å². The fourth-order valence-corrected chi connectivity index (χ4v) is 2.39. The van der Waals surface area contributed by atoms with E-state index in [-0.39, 0.29) is 18.4 Å². The molecule has 1 N–H and O–H groups in total. The molecule has 2 amide bonds. The summed E-state index contributed by atoms with van der Waals surface area (Å²) in [5.74, 6) is 0.344. The van der Waals surface area contributed by atoms with Crippen LogP contribution in [0.15, 0.2) is 42.5 Å². The molecule has 0 bridgehead atoms. The number of methoxy groups -OCH3 is 2. The summed E-state index contributed by atoms with van der Waals surface area (Å²) in [5.41, 5.74) is 1.41. The Kier molecular flexibility index (Phi) is 6.17. The van der Waals surface area contributed by atoms with Crippen molar-refractivity contribution >= 4 is 23.2 Å². The van der Waals surface area contributed by atoms with Crippen molar-refractivity contribution in [2.75, 3.05) is 31.0 Å². The molecule has 0 aliphatic heterocycles. The Hall–Kier alpha value is -3.53. The molecule has 134 valence electrons. The van der Waals surface area contributed by atoms with Gasteiger partial charge in [-0.3, -0.25) is 9.59 Å². The largest absolute Gasteiger partial charge is 0.493 e. The molecule has 2 aromatic carbocycles. The number of amides is 2. The molecule has 0 radical (unpaired) electrons. The average Bonchev–Trinajstić information content (AvgIpc) is 2.65. The molecule has 0 saturated carbocycles. The van der Waals surface area contributed by atoms with Gasteiger partial charge in [0.2, 0.25) is 11.8 Å². The Morgan fingerprint density at radius 1 is 1.12 bits per heavy atom. The van der Waals surface area contributed by atoms with Gasteiger partial charge in [0.05, 0.1) is 25.9 Å². The van der Waals surface area contributed by atoms with Gasteiger partial charge in [-0.05, 0) is 30.3 Å². The van der Waals surface area contributed by atoms with Gasteiger partial charge in [-0.1, -0.05) is 6.07 Å². The summed E-state index contributed by atoms with van der Waals surface area (Å²) in [7, 11) is 3.03. The van der Waals surface area contributed by atoms with Crippen molar-refractivity contribution in [3.05, 3.63) is 48.0 Å². The van der Waals surface area contributed by atoms with Crippen molar-refractivity contribution in [2.45, 2.75) is 6.92 Å². The quantitative estimate of drug-likeness (QED) is 0.862.